The topological polar surface area (TPSA) is 18.5 Å². The van der Waals surface area contributed by atoms with E-state index >= 15 is 0 Å². The third kappa shape index (κ3) is 3.61. The molecule has 0 fully saturated rings. The van der Waals surface area contributed by atoms with Gasteiger partial charge in [0.05, 0.1) is 12.1 Å². The van der Waals surface area contributed by atoms with Crippen molar-refractivity contribution in [1.82, 2.24) is 0 Å². The van der Waals surface area contributed by atoms with Crippen LogP contribution in [0.5, 0.6) is 11.5 Å². The fourth-order valence-corrected chi connectivity index (χ4v) is 2.12. The Morgan fingerprint density at radius 3 is 2.68 bits per heavy atom. The summed E-state index contributed by atoms with van der Waals surface area (Å²) in [6.45, 7) is 0.309. The van der Waals surface area contributed by atoms with Gasteiger partial charge in [-0.25, -0.2) is 4.39 Å². The molecule has 0 aliphatic rings. The van der Waals surface area contributed by atoms with Crippen LogP contribution >= 0.6 is 27.5 Å². The number of hydrogen-bond acceptors (Lipinski definition) is 2. The van der Waals surface area contributed by atoms with Gasteiger partial charge in [-0.2, -0.15) is 0 Å². The van der Waals surface area contributed by atoms with Gasteiger partial charge in [0.2, 0.25) is 0 Å². The van der Waals surface area contributed by atoms with Crippen molar-refractivity contribution in [2.24, 2.45) is 0 Å². The molecule has 0 heterocycles. The van der Waals surface area contributed by atoms with E-state index in [1.165, 1.54) is 18.2 Å². The van der Waals surface area contributed by atoms with E-state index in [9.17, 15) is 4.39 Å². The van der Waals surface area contributed by atoms with Crippen LogP contribution in [0.2, 0.25) is 5.02 Å². The van der Waals surface area contributed by atoms with Gasteiger partial charge in [-0.3, -0.25) is 0 Å². The highest BCUT2D eigenvalue weighted by molar-refractivity contribution is 9.10. The second kappa shape index (κ2) is 6.26. The molecule has 5 heteroatoms. The van der Waals surface area contributed by atoms with Crippen molar-refractivity contribution < 1.29 is 13.9 Å². The van der Waals surface area contributed by atoms with Crippen molar-refractivity contribution in [2.45, 2.75) is 6.61 Å². The average Bonchev–Trinajstić information content (AvgIpc) is 2.39. The summed E-state index contributed by atoms with van der Waals surface area (Å²) in [7, 11) is 1.60. The molecule has 0 atom stereocenters. The minimum Gasteiger partial charge on any atom is -0.497 e. The molecule has 0 spiro atoms. The summed E-state index contributed by atoms with van der Waals surface area (Å²) >= 11 is 9.33. The fourth-order valence-electron chi connectivity index (χ4n) is 1.54. The quantitative estimate of drug-likeness (QED) is 0.790. The van der Waals surface area contributed by atoms with Crippen LogP contribution in [0.15, 0.2) is 40.9 Å². The lowest BCUT2D eigenvalue weighted by atomic mass is 10.2. The number of methoxy groups -OCH3 is 1. The van der Waals surface area contributed by atoms with Crippen LogP contribution in [0.25, 0.3) is 0 Å². The molecule has 0 saturated carbocycles. The molecule has 0 bridgehead atoms. The molecular weight excluding hydrogens is 335 g/mol. The molecule has 0 radical (unpaired) electrons. The maximum Gasteiger partial charge on any atom is 0.138 e. The highest BCUT2D eigenvalue weighted by Gasteiger charge is 2.06. The van der Waals surface area contributed by atoms with Crippen molar-refractivity contribution in [3.63, 3.8) is 0 Å². The first kappa shape index (κ1) is 14.2. The fraction of sp³-hybridized carbons (Fsp3) is 0.143. The van der Waals surface area contributed by atoms with Crippen molar-refractivity contribution in [1.29, 1.82) is 0 Å². The molecule has 0 N–H and O–H groups in total. The molecule has 0 unspecified atom stereocenters. The molecule has 2 aromatic carbocycles. The van der Waals surface area contributed by atoms with E-state index < -0.39 is 0 Å². The van der Waals surface area contributed by atoms with Gasteiger partial charge in [-0.15, -0.1) is 0 Å². The van der Waals surface area contributed by atoms with Crippen LogP contribution in [-0.4, -0.2) is 7.11 Å². The van der Waals surface area contributed by atoms with Gasteiger partial charge in [-0.1, -0.05) is 27.5 Å². The van der Waals surface area contributed by atoms with Crippen LogP contribution in [0, 0.1) is 5.82 Å². The second-order valence-electron chi connectivity index (χ2n) is 3.82. The molecule has 0 amide bonds. The van der Waals surface area contributed by atoms with Crippen LogP contribution in [0.1, 0.15) is 5.56 Å². The third-order valence-electron chi connectivity index (χ3n) is 2.53. The predicted molar refractivity (Wildman–Crippen MR) is 76.4 cm³/mol. The standard InChI is InChI=1S/C14H11BrClFO2/c1-18-11-3-4-12(15)9(6-11)8-19-14-5-2-10(17)7-13(14)16/h2-7H,8H2,1H3. The van der Waals surface area contributed by atoms with Crippen molar-refractivity contribution in [3.8, 4) is 11.5 Å². The summed E-state index contributed by atoms with van der Waals surface area (Å²) in [6.07, 6.45) is 0. The van der Waals surface area contributed by atoms with Gasteiger partial charge in [0, 0.05) is 10.0 Å². The average molecular weight is 346 g/mol. The Morgan fingerprint density at radius 1 is 1.21 bits per heavy atom. The zero-order valence-corrected chi connectivity index (χ0v) is 12.5. The molecule has 0 aliphatic carbocycles. The lowest BCUT2D eigenvalue weighted by Gasteiger charge is -2.10. The first-order valence-electron chi connectivity index (χ1n) is 5.50. The Bertz CT molecular complexity index is 590. The summed E-state index contributed by atoms with van der Waals surface area (Å²) in [6, 6.07) is 9.62. The predicted octanol–water partition coefficient (Wildman–Crippen LogP) is 4.83. The molecule has 2 nitrogen and oxygen atoms in total. The molecular formula is C14H11BrClFO2. The van der Waals surface area contributed by atoms with Gasteiger partial charge in [-0.05, 0) is 36.4 Å². The lowest BCUT2D eigenvalue weighted by Crippen LogP contribution is -1.98. The van der Waals surface area contributed by atoms with Crippen molar-refractivity contribution in [2.75, 3.05) is 7.11 Å². The zero-order valence-electron chi connectivity index (χ0n) is 10.1. The second-order valence-corrected chi connectivity index (χ2v) is 5.08. The molecule has 100 valence electrons. The van der Waals surface area contributed by atoms with Crippen molar-refractivity contribution in [3.05, 3.63) is 57.3 Å². The minimum atomic E-state index is -0.389. The Hall–Kier alpha value is -1.26. The molecule has 0 aliphatic heterocycles. The molecule has 19 heavy (non-hydrogen) atoms. The van der Waals surface area contributed by atoms with Crippen molar-refractivity contribution >= 4 is 27.5 Å². The SMILES string of the molecule is COc1ccc(Br)c(COc2ccc(F)cc2Cl)c1. The number of ether oxygens (including phenoxy) is 2. The Balaban J connectivity index is 2.14. The number of benzene rings is 2. The van der Waals surface area contributed by atoms with Crippen LogP contribution in [0.4, 0.5) is 4.39 Å². The van der Waals surface area contributed by atoms with Gasteiger partial charge in [0.1, 0.15) is 23.9 Å². The first-order valence-corrected chi connectivity index (χ1v) is 6.67. The Labute approximate surface area is 124 Å². The lowest BCUT2D eigenvalue weighted by molar-refractivity contribution is 0.304. The van der Waals surface area contributed by atoms with E-state index in [-0.39, 0.29) is 10.8 Å². The first-order chi connectivity index (χ1) is 9.10. The van der Waals surface area contributed by atoms with Gasteiger partial charge < -0.3 is 9.47 Å². The van der Waals surface area contributed by atoms with Gasteiger partial charge >= 0.3 is 0 Å². The van der Waals surface area contributed by atoms with Crippen LogP contribution in [-0.2, 0) is 6.61 Å². The smallest absolute Gasteiger partial charge is 0.138 e. The summed E-state index contributed by atoms with van der Waals surface area (Å²) in [5, 5.41) is 0.249. The van der Waals surface area contributed by atoms with E-state index in [0.717, 1.165) is 15.8 Å². The van der Waals surface area contributed by atoms with E-state index in [1.807, 2.05) is 18.2 Å². The normalized spacial score (nSPS) is 10.3. The van der Waals surface area contributed by atoms with E-state index in [0.29, 0.717) is 12.4 Å². The largest absolute Gasteiger partial charge is 0.497 e. The summed E-state index contributed by atoms with van der Waals surface area (Å²) in [5.74, 6) is 0.796. The highest BCUT2D eigenvalue weighted by Crippen LogP contribution is 2.28. The molecule has 2 aromatic rings. The summed E-state index contributed by atoms with van der Waals surface area (Å²) in [4.78, 5) is 0. The van der Waals surface area contributed by atoms with E-state index in [4.69, 9.17) is 21.1 Å². The maximum absolute atomic E-state index is 12.9. The zero-order chi connectivity index (χ0) is 13.8. The summed E-state index contributed by atoms with van der Waals surface area (Å²) < 4.78 is 24.5. The molecule has 2 rings (SSSR count). The molecule has 0 saturated heterocycles. The van der Waals surface area contributed by atoms with Crippen LogP contribution < -0.4 is 9.47 Å². The van der Waals surface area contributed by atoms with Gasteiger partial charge in [0.25, 0.3) is 0 Å². The van der Waals surface area contributed by atoms with E-state index in [1.54, 1.807) is 7.11 Å². The Morgan fingerprint density at radius 2 is 2.00 bits per heavy atom. The third-order valence-corrected chi connectivity index (χ3v) is 3.60. The summed E-state index contributed by atoms with van der Waals surface area (Å²) in [5.41, 5.74) is 0.916. The monoisotopic (exact) mass is 344 g/mol. The number of rotatable bonds is 4. The number of halogens is 3. The number of hydrogen-bond donors (Lipinski definition) is 0. The Kier molecular flexibility index (Phi) is 4.66. The minimum absolute atomic E-state index is 0.249. The van der Waals surface area contributed by atoms with E-state index in [2.05, 4.69) is 15.9 Å². The highest BCUT2D eigenvalue weighted by atomic mass is 79.9. The van der Waals surface area contributed by atoms with Crippen LogP contribution in [0.3, 0.4) is 0 Å². The molecule has 0 aromatic heterocycles. The maximum atomic E-state index is 12.9. The van der Waals surface area contributed by atoms with Gasteiger partial charge in [0.15, 0.2) is 0 Å².